The summed E-state index contributed by atoms with van der Waals surface area (Å²) in [7, 11) is 0. The smallest absolute Gasteiger partial charge is 0.273 e. The van der Waals surface area contributed by atoms with Gasteiger partial charge in [0.2, 0.25) is 0 Å². The van der Waals surface area contributed by atoms with Crippen LogP contribution in [-0.2, 0) is 6.42 Å². The molecule has 1 atom stereocenters. The molecule has 0 amide bonds. The van der Waals surface area contributed by atoms with Crippen molar-refractivity contribution >= 4 is 5.69 Å². The van der Waals surface area contributed by atoms with Crippen molar-refractivity contribution in [3.63, 3.8) is 0 Å². The largest absolute Gasteiger partial charge is 0.507 e. The molecular formula is C9H10N2O3. The highest BCUT2D eigenvalue weighted by atomic mass is 16.6. The minimum atomic E-state index is -0.523. The highest BCUT2D eigenvalue weighted by Gasteiger charge is 2.25. The van der Waals surface area contributed by atoms with Crippen LogP contribution >= 0.6 is 0 Å². The molecule has 0 radical (unpaired) electrons. The molecule has 0 bridgehead atoms. The lowest BCUT2D eigenvalue weighted by molar-refractivity contribution is -0.385. The van der Waals surface area contributed by atoms with Crippen LogP contribution in [0.15, 0.2) is 12.1 Å². The SMILES string of the molecule is NC1CCc2c(O)cc([N+](=O)[O-])cc21. The van der Waals surface area contributed by atoms with E-state index in [2.05, 4.69) is 0 Å². The second-order valence-corrected chi connectivity index (χ2v) is 3.43. The number of hydrogen-bond acceptors (Lipinski definition) is 4. The van der Waals surface area contributed by atoms with Gasteiger partial charge in [0, 0.05) is 12.1 Å². The number of nitro groups is 1. The summed E-state index contributed by atoms with van der Waals surface area (Å²) in [6.45, 7) is 0. The molecule has 1 aliphatic carbocycles. The number of phenols is 1. The monoisotopic (exact) mass is 194 g/mol. The van der Waals surface area contributed by atoms with E-state index in [0.717, 1.165) is 12.0 Å². The Balaban J connectivity index is 2.58. The van der Waals surface area contributed by atoms with Crippen LogP contribution in [0, 0.1) is 10.1 Å². The van der Waals surface area contributed by atoms with Crippen LogP contribution in [0.25, 0.3) is 0 Å². The fourth-order valence-corrected chi connectivity index (χ4v) is 1.83. The van der Waals surface area contributed by atoms with Gasteiger partial charge in [0.05, 0.1) is 11.0 Å². The third kappa shape index (κ3) is 1.22. The molecule has 2 rings (SSSR count). The topological polar surface area (TPSA) is 89.4 Å². The standard InChI is InChI=1S/C9H10N2O3/c10-8-2-1-6-7(8)3-5(11(13)14)4-9(6)12/h3-4,8,12H,1-2,10H2. The number of nitrogens with two attached hydrogens (primary N) is 1. The van der Waals surface area contributed by atoms with E-state index in [9.17, 15) is 15.2 Å². The van der Waals surface area contributed by atoms with Gasteiger partial charge in [-0.1, -0.05) is 0 Å². The van der Waals surface area contributed by atoms with Gasteiger partial charge in [0.25, 0.3) is 5.69 Å². The number of rotatable bonds is 1. The van der Waals surface area contributed by atoms with Gasteiger partial charge in [-0.2, -0.15) is 0 Å². The zero-order valence-corrected chi connectivity index (χ0v) is 7.43. The zero-order valence-electron chi connectivity index (χ0n) is 7.43. The van der Waals surface area contributed by atoms with Crippen molar-refractivity contribution in [3.8, 4) is 5.75 Å². The molecule has 0 heterocycles. The first-order valence-corrected chi connectivity index (χ1v) is 4.35. The number of phenolic OH excluding ortho intramolecular Hbond substituents is 1. The second kappa shape index (κ2) is 2.95. The molecule has 0 aromatic heterocycles. The maximum atomic E-state index is 10.5. The number of fused-ring (bicyclic) bond motifs is 1. The molecule has 1 aliphatic rings. The van der Waals surface area contributed by atoms with Crippen molar-refractivity contribution in [1.29, 1.82) is 0 Å². The lowest BCUT2D eigenvalue weighted by atomic mass is 10.1. The van der Waals surface area contributed by atoms with Crippen LogP contribution in [0.1, 0.15) is 23.6 Å². The van der Waals surface area contributed by atoms with Crippen molar-refractivity contribution in [1.82, 2.24) is 0 Å². The van der Waals surface area contributed by atoms with Gasteiger partial charge < -0.3 is 10.8 Å². The summed E-state index contributed by atoms with van der Waals surface area (Å²) in [6, 6.07) is 2.44. The zero-order chi connectivity index (χ0) is 10.3. The van der Waals surface area contributed by atoms with Crippen LogP contribution in [-0.4, -0.2) is 10.0 Å². The third-order valence-corrected chi connectivity index (χ3v) is 2.56. The van der Waals surface area contributed by atoms with Gasteiger partial charge in [0.15, 0.2) is 0 Å². The van der Waals surface area contributed by atoms with Crippen molar-refractivity contribution in [2.45, 2.75) is 18.9 Å². The fraction of sp³-hybridized carbons (Fsp3) is 0.333. The highest BCUT2D eigenvalue weighted by molar-refractivity contribution is 5.52. The number of non-ortho nitro benzene ring substituents is 1. The maximum Gasteiger partial charge on any atom is 0.273 e. The lowest BCUT2D eigenvalue weighted by Gasteiger charge is -2.05. The predicted octanol–water partition coefficient (Wildman–Crippen LogP) is 1.25. The third-order valence-electron chi connectivity index (χ3n) is 2.56. The van der Waals surface area contributed by atoms with Crippen LogP contribution in [0.2, 0.25) is 0 Å². The van der Waals surface area contributed by atoms with Crippen molar-refractivity contribution < 1.29 is 10.0 Å². The van der Waals surface area contributed by atoms with E-state index >= 15 is 0 Å². The van der Waals surface area contributed by atoms with Gasteiger partial charge in [-0.3, -0.25) is 10.1 Å². The summed E-state index contributed by atoms with van der Waals surface area (Å²) in [6.07, 6.45) is 1.43. The maximum absolute atomic E-state index is 10.5. The quantitative estimate of drug-likeness (QED) is 0.520. The first kappa shape index (κ1) is 8.96. The van der Waals surface area contributed by atoms with Crippen molar-refractivity contribution in [2.75, 3.05) is 0 Å². The first-order chi connectivity index (χ1) is 6.59. The fourth-order valence-electron chi connectivity index (χ4n) is 1.83. The van der Waals surface area contributed by atoms with E-state index in [-0.39, 0.29) is 17.5 Å². The van der Waals surface area contributed by atoms with Crippen molar-refractivity contribution in [2.24, 2.45) is 5.73 Å². The van der Waals surface area contributed by atoms with E-state index in [4.69, 9.17) is 5.73 Å². The van der Waals surface area contributed by atoms with Crippen LogP contribution in [0.3, 0.4) is 0 Å². The molecule has 1 unspecified atom stereocenters. The number of nitrogens with zero attached hydrogens (tertiary/aromatic N) is 1. The Morgan fingerprint density at radius 3 is 2.93 bits per heavy atom. The molecule has 1 aromatic rings. The molecule has 0 saturated carbocycles. The Bertz CT molecular complexity index is 403. The minimum Gasteiger partial charge on any atom is -0.507 e. The Morgan fingerprint density at radius 2 is 2.29 bits per heavy atom. The van der Waals surface area contributed by atoms with Gasteiger partial charge >= 0.3 is 0 Å². The van der Waals surface area contributed by atoms with Crippen LogP contribution in [0.5, 0.6) is 5.75 Å². The molecule has 0 aliphatic heterocycles. The molecule has 5 heteroatoms. The van der Waals surface area contributed by atoms with Crippen LogP contribution in [0.4, 0.5) is 5.69 Å². The van der Waals surface area contributed by atoms with Gasteiger partial charge in [-0.15, -0.1) is 0 Å². The lowest BCUT2D eigenvalue weighted by Crippen LogP contribution is -2.05. The molecule has 14 heavy (non-hydrogen) atoms. The number of nitro benzene ring substituents is 1. The number of hydrogen-bond donors (Lipinski definition) is 2. The summed E-state index contributed by atoms with van der Waals surface area (Å²) >= 11 is 0. The highest BCUT2D eigenvalue weighted by Crippen LogP contribution is 2.38. The van der Waals surface area contributed by atoms with E-state index in [1.165, 1.54) is 12.1 Å². The van der Waals surface area contributed by atoms with E-state index in [1.807, 2.05) is 0 Å². The Morgan fingerprint density at radius 1 is 1.57 bits per heavy atom. The van der Waals surface area contributed by atoms with E-state index < -0.39 is 4.92 Å². The molecule has 5 nitrogen and oxygen atoms in total. The van der Waals surface area contributed by atoms with E-state index in [1.54, 1.807) is 0 Å². The summed E-state index contributed by atoms with van der Waals surface area (Å²) in [5.74, 6) is -0.0119. The Kier molecular flexibility index (Phi) is 1.89. The molecule has 74 valence electrons. The molecule has 1 aromatic carbocycles. The minimum absolute atomic E-state index is 0.0119. The average Bonchev–Trinajstić information content (AvgIpc) is 2.48. The van der Waals surface area contributed by atoms with Gasteiger partial charge in [-0.25, -0.2) is 0 Å². The number of benzene rings is 1. The Hall–Kier alpha value is -1.62. The summed E-state index contributed by atoms with van der Waals surface area (Å²) < 4.78 is 0. The number of aromatic hydroxyl groups is 1. The molecule has 0 saturated heterocycles. The molecule has 3 N–H and O–H groups in total. The molecule has 0 spiro atoms. The van der Waals surface area contributed by atoms with Gasteiger partial charge in [0.1, 0.15) is 5.75 Å². The average molecular weight is 194 g/mol. The second-order valence-electron chi connectivity index (χ2n) is 3.43. The first-order valence-electron chi connectivity index (χ1n) is 4.35. The normalized spacial score (nSPS) is 19.4. The predicted molar refractivity (Wildman–Crippen MR) is 50.0 cm³/mol. The summed E-state index contributed by atoms with van der Waals surface area (Å²) in [5.41, 5.74) is 7.11. The van der Waals surface area contributed by atoms with Gasteiger partial charge in [-0.05, 0) is 24.0 Å². The molecule has 0 fully saturated rings. The van der Waals surface area contributed by atoms with E-state index in [0.29, 0.717) is 12.0 Å². The van der Waals surface area contributed by atoms with Crippen molar-refractivity contribution in [3.05, 3.63) is 33.4 Å². The Labute approximate surface area is 80.3 Å². The van der Waals surface area contributed by atoms with Crippen LogP contribution < -0.4 is 5.73 Å². The molecular weight excluding hydrogens is 184 g/mol. The summed E-state index contributed by atoms with van der Waals surface area (Å²) in [4.78, 5) is 9.99. The summed E-state index contributed by atoms with van der Waals surface area (Å²) in [5, 5.41) is 20.0.